The molecule has 16 heavy (non-hydrogen) atoms. The molecule has 0 amide bonds. The maximum Gasteiger partial charge on any atom is 0.0918 e. The van der Waals surface area contributed by atoms with Crippen molar-refractivity contribution in [3.8, 4) is 0 Å². The van der Waals surface area contributed by atoms with Crippen LogP contribution in [0.1, 0.15) is 30.0 Å². The van der Waals surface area contributed by atoms with E-state index >= 15 is 0 Å². The zero-order chi connectivity index (χ0) is 11.5. The van der Waals surface area contributed by atoms with E-state index in [2.05, 4.69) is 15.3 Å². The Morgan fingerprint density at radius 2 is 2.44 bits per heavy atom. The van der Waals surface area contributed by atoms with Crippen molar-refractivity contribution in [2.75, 3.05) is 6.54 Å². The molecule has 1 aliphatic carbocycles. The number of hydrogen-bond donors (Lipinski definition) is 2. The lowest BCUT2D eigenvalue weighted by atomic mass is 10.3. The van der Waals surface area contributed by atoms with E-state index < -0.39 is 0 Å². The average molecular weight is 238 g/mol. The van der Waals surface area contributed by atoms with Crippen molar-refractivity contribution in [3.63, 3.8) is 0 Å². The molecule has 0 spiro atoms. The molecule has 1 saturated carbocycles. The topological polar surface area (TPSA) is 66.0 Å². The molecule has 88 valence electrons. The first-order chi connectivity index (χ1) is 7.65. The maximum absolute atomic E-state index is 7.27. The Morgan fingerprint density at radius 1 is 1.69 bits per heavy atom. The fourth-order valence-corrected chi connectivity index (χ4v) is 2.39. The minimum atomic E-state index is 0.278. The minimum absolute atomic E-state index is 0.278. The van der Waals surface area contributed by atoms with Gasteiger partial charge in [0.25, 0.3) is 0 Å². The number of nitrogens with two attached hydrogens (primary N) is 1. The molecule has 0 radical (unpaired) electrons. The van der Waals surface area contributed by atoms with Gasteiger partial charge in [-0.1, -0.05) is 0 Å². The Hall–Kier alpha value is -0.940. The van der Waals surface area contributed by atoms with Crippen LogP contribution >= 0.6 is 11.3 Å². The third kappa shape index (κ3) is 3.28. The molecule has 3 N–H and O–H groups in total. The summed E-state index contributed by atoms with van der Waals surface area (Å²) in [6.07, 6.45) is 3.22. The Balaban J connectivity index is 1.89. The monoisotopic (exact) mass is 238 g/mol. The molecule has 4 nitrogen and oxygen atoms in total. The van der Waals surface area contributed by atoms with Crippen LogP contribution in [0.3, 0.4) is 0 Å². The highest BCUT2D eigenvalue weighted by molar-refractivity contribution is 7.09. The number of rotatable bonds is 6. The van der Waals surface area contributed by atoms with Gasteiger partial charge in [0, 0.05) is 30.9 Å². The van der Waals surface area contributed by atoms with Crippen molar-refractivity contribution < 1.29 is 0 Å². The summed E-state index contributed by atoms with van der Waals surface area (Å²) in [5.41, 5.74) is 6.55. The Morgan fingerprint density at radius 3 is 2.94 bits per heavy atom. The SMILES string of the molecule is Cc1nc(CN(CCC(=N)N)C2CC2)cs1. The third-order valence-electron chi connectivity index (χ3n) is 2.76. The molecule has 0 unspecified atom stereocenters. The molecule has 0 saturated heterocycles. The lowest BCUT2D eigenvalue weighted by molar-refractivity contribution is 0.259. The first-order valence-electron chi connectivity index (χ1n) is 5.63. The summed E-state index contributed by atoms with van der Waals surface area (Å²) < 4.78 is 0. The zero-order valence-electron chi connectivity index (χ0n) is 9.57. The van der Waals surface area contributed by atoms with Gasteiger partial charge in [0.1, 0.15) is 0 Å². The van der Waals surface area contributed by atoms with Crippen LogP contribution in [0, 0.1) is 12.3 Å². The van der Waals surface area contributed by atoms with E-state index in [-0.39, 0.29) is 5.84 Å². The molecule has 0 aromatic carbocycles. The molecule has 1 fully saturated rings. The van der Waals surface area contributed by atoms with Crippen molar-refractivity contribution in [1.82, 2.24) is 9.88 Å². The van der Waals surface area contributed by atoms with Gasteiger partial charge in [0.2, 0.25) is 0 Å². The molecule has 0 atom stereocenters. The summed E-state index contributed by atoms with van der Waals surface area (Å²) in [6.45, 7) is 3.82. The molecular formula is C11H18N4S. The van der Waals surface area contributed by atoms with Gasteiger partial charge in [-0.25, -0.2) is 4.98 Å². The fraction of sp³-hybridized carbons (Fsp3) is 0.636. The molecule has 2 rings (SSSR count). The van der Waals surface area contributed by atoms with Crippen molar-refractivity contribution in [3.05, 3.63) is 16.1 Å². The number of amidine groups is 1. The summed E-state index contributed by atoms with van der Waals surface area (Å²) in [7, 11) is 0. The Kier molecular flexibility index (Phi) is 3.56. The van der Waals surface area contributed by atoms with Gasteiger partial charge in [0.05, 0.1) is 16.5 Å². The van der Waals surface area contributed by atoms with Gasteiger partial charge in [-0.05, 0) is 19.8 Å². The van der Waals surface area contributed by atoms with Crippen LogP contribution in [0.25, 0.3) is 0 Å². The van der Waals surface area contributed by atoms with Crippen LogP contribution in [0.4, 0.5) is 0 Å². The highest BCUT2D eigenvalue weighted by Crippen LogP contribution is 2.28. The van der Waals surface area contributed by atoms with Crippen LogP contribution < -0.4 is 5.73 Å². The summed E-state index contributed by atoms with van der Waals surface area (Å²) in [5.74, 6) is 0.278. The van der Waals surface area contributed by atoms with E-state index in [9.17, 15) is 0 Å². The maximum atomic E-state index is 7.27. The molecule has 1 aromatic heterocycles. The van der Waals surface area contributed by atoms with Crippen LogP contribution in [0.15, 0.2) is 5.38 Å². The second-order valence-electron chi connectivity index (χ2n) is 4.33. The van der Waals surface area contributed by atoms with Gasteiger partial charge in [-0.15, -0.1) is 11.3 Å². The van der Waals surface area contributed by atoms with E-state index in [1.165, 1.54) is 12.8 Å². The van der Waals surface area contributed by atoms with Crippen molar-refractivity contribution in [2.24, 2.45) is 5.73 Å². The molecule has 1 aliphatic rings. The van der Waals surface area contributed by atoms with Crippen molar-refractivity contribution in [2.45, 2.75) is 38.8 Å². The van der Waals surface area contributed by atoms with Crippen LogP contribution in [-0.2, 0) is 6.54 Å². The quantitative estimate of drug-likeness (QED) is 0.586. The lowest BCUT2D eigenvalue weighted by Crippen LogP contribution is -2.29. The molecule has 0 aliphatic heterocycles. The average Bonchev–Trinajstić information content (AvgIpc) is 2.98. The summed E-state index contributed by atoms with van der Waals surface area (Å²) in [4.78, 5) is 6.88. The standard InChI is InChI=1S/C11H18N4S/c1-8-14-9(7-16-8)6-15(10-2-3-10)5-4-11(12)13/h7,10H,2-6H2,1H3,(H3,12,13). The second-order valence-corrected chi connectivity index (χ2v) is 5.40. The number of aryl methyl sites for hydroxylation is 1. The largest absolute Gasteiger partial charge is 0.388 e. The van der Waals surface area contributed by atoms with Crippen LogP contribution in [-0.4, -0.2) is 28.3 Å². The van der Waals surface area contributed by atoms with Gasteiger partial charge >= 0.3 is 0 Å². The van der Waals surface area contributed by atoms with Gasteiger partial charge in [0.15, 0.2) is 0 Å². The first kappa shape index (κ1) is 11.5. The van der Waals surface area contributed by atoms with E-state index in [1.807, 2.05) is 6.92 Å². The predicted molar refractivity (Wildman–Crippen MR) is 66.8 cm³/mol. The summed E-state index contributed by atoms with van der Waals surface area (Å²) >= 11 is 1.70. The normalized spacial score (nSPS) is 15.6. The predicted octanol–water partition coefficient (Wildman–Crippen LogP) is 1.74. The van der Waals surface area contributed by atoms with E-state index in [1.54, 1.807) is 11.3 Å². The first-order valence-corrected chi connectivity index (χ1v) is 6.51. The van der Waals surface area contributed by atoms with E-state index in [0.717, 1.165) is 23.8 Å². The fourth-order valence-electron chi connectivity index (χ4n) is 1.78. The van der Waals surface area contributed by atoms with Crippen LogP contribution in [0.2, 0.25) is 0 Å². The number of nitrogens with one attached hydrogen (secondary N) is 1. The Labute approximate surface area is 100.0 Å². The van der Waals surface area contributed by atoms with E-state index in [0.29, 0.717) is 12.5 Å². The van der Waals surface area contributed by atoms with Crippen molar-refractivity contribution in [1.29, 1.82) is 5.41 Å². The van der Waals surface area contributed by atoms with Gasteiger partial charge < -0.3 is 5.73 Å². The third-order valence-corrected chi connectivity index (χ3v) is 3.59. The highest BCUT2D eigenvalue weighted by atomic mass is 32.1. The summed E-state index contributed by atoms with van der Waals surface area (Å²) in [6, 6.07) is 0.696. The second kappa shape index (κ2) is 4.93. The molecule has 1 aromatic rings. The number of nitrogens with zero attached hydrogens (tertiary/aromatic N) is 2. The lowest BCUT2D eigenvalue weighted by Gasteiger charge is -2.20. The summed E-state index contributed by atoms with van der Waals surface area (Å²) in [5, 5.41) is 10.5. The number of aromatic nitrogens is 1. The van der Waals surface area contributed by atoms with Crippen molar-refractivity contribution >= 4 is 17.2 Å². The number of hydrogen-bond acceptors (Lipinski definition) is 4. The molecular weight excluding hydrogens is 220 g/mol. The molecule has 0 bridgehead atoms. The minimum Gasteiger partial charge on any atom is -0.388 e. The Bertz CT molecular complexity index is 370. The van der Waals surface area contributed by atoms with Gasteiger partial charge in [-0.3, -0.25) is 10.3 Å². The van der Waals surface area contributed by atoms with E-state index in [4.69, 9.17) is 11.1 Å². The molecule has 1 heterocycles. The molecule has 5 heteroatoms. The number of thiazole rings is 1. The van der Waals surface area contributed by atoms with Crippen LogP contribution in [0.5, 0.6) is 0 Å². The van der Waals surface area contributed by atoms with Gasteiger partial charge in [-0.2, -0.15) is 0 Å². The highest BCUT2D eigenvalue weighted by Gasteiger charge is 2.29. The zero-order valence-corrected chi connectivity index (χ0v) is 10.4. The smallest absolute Gasteiger partial charge is 0.0918 e.